The average Bonchev–Trinajstić information content (AvgIpc) is 2.80. The van der Waals surface area contributed by atoms with E-state index in [1.807, 2.05) is 42.6 Å². The van der Waals surface area contributed by atoms with Crippen molar-refractivity contribution in [1.82, 2.24) is 0 Å². The van der Waals surface area contributed by atoms with Gasteiger partial charge in [-0.1, -0.05) is 23.8 Å². The smallest absolute Gasteiger partial charge is 0.125 e. The summed E-state index contributed by atoms with van der Waals surface area (Å²) in [6.07, 6.45) is 0. The van der Waals surface area contributed by atoms with E-state index >= 15 is 0 Å². The van der Waals surface area contributed by atoms with Gasteiger partial charge in [-0.25, -0.2) is 0 Å². The maximum absolute atomic E-state index is 9.22. The fraction of sp³-hybridized carbons (Fsp3) is 0.231. The maximum atomic E-state index is 9.22. The molecule has 1 N–H and O–H groups in total. The van der Waals surface area contributed by atoms with E-state index in [0.29, 0.717) is 6.61 Å². The first-order valence-corrected chi connectivity index (χ1v) is 6.03. The third-order valence-electron chi connectivity index (χ3n) is 2.34. The summed E-state index contributed by atoms with van der Waals surface area (Å²) in [5.74, 6) is 0.765. The molecule has 84 valence electrons. The van der Waals surface area contributed by atoms with Crippen LogP contribution < -0.4 is 4.74 Å². The third kappa shape index (κ3) is 2.62. The summed E-state index contributed by atoms with van der Waals surface area (Å²) in [5.41, 5.74) is 1.98. The number of benzene rings is 1. The van der Waals surface area contributed by atoms with Gasteiger partial charge in [-0.3, -0.25) is 0 Å². The van der Waals surface area contributed by atoms with Crippen molar-refractivity contribution < 1.29 is 9.84 Å². The Kier molecular flexibility index (Phi) is 3.59. The van der Waals surface area contributed by atoms with Gasteiger partial charge in [0.05, 0.1) is 6.61 Å². The lowest BCUT2D eigenvalue weighted by atomic mass is 10.1. The summed E-state index contributed by atoms with van der Waals surface area (Å²) in [7, 11) is 0. The van der Waals surface area contributed by atoms with E-state index in [0.717, 1.165) is 16.9 Å². The molecule has 0 bridgehead atoms. The minimum Gasteiger partial charge on any atom is -0.488 e. The number of aryl methyl sites for hydroxylation is 1. The standard InChI is InChI=1S/C13H14O2S/c1-10-4-5-13(11(7-10)8-14)15-9-12-3-2-6-16-12/h2-7,14H,8-9H2,1H3. The molecule has 0 saturated heterocycles. The second kappa shape index (κ2) is 5.14. The van der Waals surface area contributed by atoms with Crippen LogP contribution in [0.5, 0.6) is 5.75 Å². The highest BCUT2D eigenvalue weighted by Gasteiger charge is 2.03. The Morgan fingerprint density at radius 3 is 2.88 bits per heavy atom. The van der Waals surface area contributed by atoms with Crippen LogP contribution in [-0.2, 0) is 13.2 Å². The Morgan fingerprint density at radius 1 is 1.31 bits per heavy atom. The van der Waals surface area contributed by atoms with Crippen molar-refractivity contribution in [3.05, 3.63) is 51.7 Å². The minimum atomic E-state index is 0.0153. The largest absolute Gasteiger partial charge is 0.488 e. The zero-order valence-electron chi connectivity index (χ0n) is 9.14. The molecule has 1 aromatic heterocycles. The van der Waals surface area contributed by atoms with Crippen molar-refractivity contribution in [2.75, 3.05) is 0 Å². The topological polar surface area (TPSA) is 29.5 Å². The molecule has 0 saturated carbocycles. The highest BCUT2D eigenvalue weighted by atomic mass is 32.1. The first-order chi connectivity index (χ1) is 7.79. The third-order valence-corrected chi connectivity index (χ3v) is 3.19. The summed E-state index contributed by atoms with van der Waals surface area (Å²) in [6, 6.07) is 9.89. The van der Waals surface area contributed by atoms with Crippen molar-refractivity contribution in [3.8, 4) is 5.75 Å². The van der Waals surface area contributed by atoms with Crippen LogP contribution in [0.2, 0.25) is 0 Å². The first-order valence-electron chi connectivity index (χ1n) is 5.15. The first kappa shape index (κ1) is 11.2. The van der Waals surface area contributed by atoms with E-state index in [9.17, 15) is 5.11 Å². The molecule has 0 aliphatic heterocycles. The van der Waals surface area contributed by atoms with Gasteiger partial charge in [-0.15, -0.1) is 11.3 Å². The molecule has 0 aliphatic carbocycles. The molecule has 0 spiro atoms. The van der Waals surface area contributed by atoms with E-state index in [2.05, 4.69) is 0 Å². The quantitative estimate of drug-likeness (QED) is 0.880. The van der Waals surface area contributed by atoms with Gasteiger partial charge in [-0.05, 0) is 24.4 Å². The van der Waals surface area contributed by atoms with Gasteiger partial charge < -0.3 is 9.84 Å². The number of rotatable bonds is 4. The Morgan fingerprint density at radius 2 is 2.19 bits per heavy atom. The molecule has 1 heterocycles. The summed E-state index contributed by atoms with van der Waals surface area (Å²) in [6.45, 7) is 2.58. The van der Waals surface area contributed by atoms with Gasteiger partial charge in [0, 0.05) is 10.4 Å². The van der Waals surface area contributed by atoms with Crippen molar-refractivity contribution in [2.45, 2.75) is 20.1 Å². The van der Waals surface area contributed by atoms with Gasteiger partial charge in [0.1, 0.15) is 12.4 Å². The van der Waals surface area contributed by atoms with Gasteiger partial charge in [0.2, 0.25) is 0 Å². The molecule has 2 nitrogen and oxygen atoms in total. The zero-order chi connectivity index (χ0) is 11.4. The molecular weight excluding hydrogens is 220 g/mol. The van der Waals surface area contributed by atoms with Crippen LogP contribution in [0.4, 0.5) is 0 Å². The normalized spacial score (nSPS) is 10.4. The number of aliphatic hydroxyl groups excluding tert-OH is 1. The van der Waals surface area contributed by atoms with E-state index < -0.39 is 0 Å². The SMILES string of the molecule is Cc1ccc(OCc2cccs2)c(CO)c1. The molecule has 0 atom stereocenters. The number of hydrogen-bond donors (Lipinski definition) is 1. The average molecular weight is 234 g/mol. The van der Waals surface area contributed by atoms with Gasteiger partial charge >= 0.3 is 0 Å². The lowest BCUT2D eigenvalue weighted by molar-refractivity contribution is 0.260. The second-order valence-electron chi connectivity index (χ2n) is 3.64. The molecule has 0 fully saturated rings. The van der Waals surface area contributed by atoms with Crippen LogP contribution in [0.25, 0.3) is 0 Å². The summed E-state index contributed by atoms with van der Waals surface area (Å²) < 4.78 is 5.68. The van der Waals surface area contributed by atoms with Crippen LogP contribution in [-0.4, -0.2) is 5.11 Å². The van der Waals surface area contributed by atoms with Crippen LogP contribution >= 0.6 is 11.3 Å². The van der Waals surface area contributed by atoms with E-state index in [1.165, 1.54) is 4.88 Å². The van der Waals surface area contributed by atoms with Gasteiger partial charge in [0.15, 0.2) is 0 Å². The van der Waals surface area contributed by atoms with Crippen molar-refractivity contribution >= 4 is 11.3 Å². The lowest BCUT2D eigenvalue weighted by Gasteiger charge is -2.09. The van der Waals surface area contributed by atoms with Crippen LogP contribution in [0.15, 0.2) is 35.7 Å². The van der Waals surface area contributed by atoms with Crippen molar-refractivity contribution in [3.63, 3.8) is 0 Å². The zero-order valence-corrected chi connectivity index (χ0v) is 9.96. The Hall–Kier alpha value is -1.32. The molecular formula is C13H14O2S. The molecule has 3 heteroatoms. The fourth-order valence-corrected chi connectivity index (χ4v) is 2.13. The minimum absolute atomic E-state index is 0.0153. The maximum Gasteiger partial charge on any atom is 0.125 e. The molecule has 0 radical (unpaired) electrons. The highest BCUT2D eigenvalue weighted by Crippen LogP contribution is 2.22. The Balaban J connectivity index is 2.09. The monoisotopic (exact) mass is 234 g/mol. The number of hydrogen-bond acceptors (Lipinski definition) is 3. The van der Waals surface area contributed by atoms with Gasteiger partial charge in [0.25, 0.3) is 0 Å². The van der Waals surface area contributed by atoms with Crippen molar-refractivity contribution in [1.29, 1.82) is 0 Å². The number of ether oxygens (including phenoxy) is 1. The molecule has 1 aromatic carbocycles. The van der Waals surface area contributed by atoms with Gasteiger partial charge in [-0.2, -0.15) is 0 Å². The molecule has 0 unspecified atom stereocenters. The highest BCUT2D eigenvalue weighted by molar-refractivity contribution is 7.09. The molecule has 2 rings (SSSR count). The second-order valence-corrected chi connectivity index (χ2v) is 4.67. The molecule has 0 amide bonds. The molecule has 0 aliphatic rings. The van der Waals surface area contributed by atoms with Crippen LogP contribution in [0, 0.1) is 6.92 Å². The van der Waals surface area contributed by atoms with Crippen LogP contribution in [0.1, 0.15) is 16.0 Å². The Bertz CT molecular complexity index is 449. The fourth-order valence-electron chi connectivity index (χ4n) is 1.52. The van der Waals surface area contributed by atoms with E-state index in [-0.39, 0.29) is 6.61 Å². The summed E-state index contributed by atoms with van der Waals surface area (Å²) in [4.78, 5) is 1.18. The van der Waals surface area contributed by atoms with E-state index in [1.54, 1.807) is 11.3 Å². The molecule has 2 aromatic rings. The molecule has 16 heavy (non-hydrogen) atoms. The van der Waals surface area contributed by atoms with E-state index in [4.69, 9.17) is 4.74 Å². The predicted octanol–water partition coefficient (Wildman–Crippen LogP) is 3.13. The predicted molar refractivity (Wildman–Crippen MR) is 65.8 cm³/mol. The number of aliphatic hydroxyl groups is 1. The summed E-state index contributed by atoms with van der Waals surface area (Å²) >= 11 is 1.67. The Labute approximate surface area is 99.1 Å². The summed E-state index contributed by atoms with van der Waals surface area (Å²) in [5, 5.41) is 11.3. The van der Waals surface area contributed by atoms with Crippen molar-refractivity contribution in [2.24, 2.45) is 0 Å². The van der Waals surface area contributed by atoms with Crippen LogP contribution in [0.3, 0.4) is 0 Å². The number of thiophene rings is 1. The lowest BCUT2D eigenvalue weighted by Crippen LogP contribution is -1.97.